The van der Waals surface area contributed by atoms with Gasteiger partial charge >= 0.3 is 5.97 Å². The van der Waals surface area contributed by atoms with E-state index in [9.17, 15) is 9.59 Å². The fourth-order valence-electron chi connectivity index (χ4n) is 3.20. The molecule has 0 aromatic rings. The SMILES string of the molecule is COC(=O)C1CN(CC(=O)N2CCC(C)CC2)CC1C. The van der Waals surface area contributed by atoms with Crippen LogP contribution in [0.5, 0.6) is 0 Å². The summed E-state index contributed by atoms with van der Waals surface area (Å²) < 4.78 is 4.83. The summed E-state index contributed by atoms with van der Waals surface area (Å²) >= 11 is 0. The number of rotatable bonds is 3. The smallest absolute Gasteiger partial charge is 0.310 e. The van der Waals surface area contributed by atoms with Crippen molar-refractivity contribution in [2.24, 2.45) is 17.8 Å². The molecule has 2 unspecified atom stereocenters. The Labute approximate surface area is 121 Å². The minimum atomic E-state index is -0.153. The lowest BCUT2D eigenvalue weighted by atomic mass is 9.99. The summed E-state index contributed by atoms with van der Waals surface area (Å²) in [5.41, 5.74) is 0. The summed E-state index contributed by atoms with van der Waals surface area (Å²) in [4.78, 5) is 28.0. The van der Waals surface area contributed by atoms with Crippen molar-refractivity contribution in [3.63, 3.8) is 0 Å². The molecule has 0 aromatic carbocycles. The number of carbonyl (C=O) groups excluding carboxylic acids is 2. The summed E-state index contributed by atoms with van der Waals surface area (Å²) in [6.45, 7) is 7.93. The quantitative estimate of drug-likeness (QED) is 0.724. The summed E-state index contributed by atoms with van der Waals surface area (Å²) in [6.07, 6.45) is 2.21. The van der Waals surface area contributed by atoms with Gasteiger partial charge in [0.15, 0.2) is 0 Å². The third-order valence-corrected chi connectivity index (χ3v) is 4.69. The maximum Gasteiger partial charge on any atom is 0.310 e. The van der Waals surface area contributed by atoms with E-state index in [-0.39, 0.29) is 23.7 Å². The van der Waals surface area contributed by atoms with Gasteiger partial charge in [-0.05, 0) is 24.7 Å². The van der Waals surface area contributed by atoms with Crippen LogP contribution >= 0.6 is 0 Å². The van der Waals surface area contributed by atoms with Gasteiger partial charge < -0.3 is 9.64 Å². The number of piperidine rings is 1. The van der Waals surface area contributed by atoms with Gasteiger partial charge in [-0.15, -0.1) is 0 Å². The molecule has 2 atom stereocenters. The van der Waals surface area contributed by atoms with Gasteiger partial charge in [0.25, 0.3) is 0 Å². The van der Waals surface area contributed by atoms with Crippen LogP contribution in [0.3, 0.4) is 0 Å². The van der Waals surface area contributed by atoms with Crippen molar-refractivity contribution in [1.29, 1.82) is 0 Å². The Kier molecular flexibility index (Phi) is 5.02. The van der Waals surface area contributed by atoms with E-state index in [2.05, 4.69) is 18.7 Å². The highest BCUT2D eigenvalue weighted by atomic mass is 16.5. The average Bonchev–Trinajstić information content (AvgIpc) is 2.79. The Morgan fingerprint density at radius 2 is 1.80 bits per heavy atom. The van der Waals surface area contributed by atoms with Gasteiger partial charge in [-0.3, -0.25) is 14.5 Å². The van der Waals surface area contributed by atoms with Gasteiger partial charge in [0.05, 0.1) is 19.6 Å². The second kappa shape index (κ2) is 6.57. The number of methoxy groups -OCH3 is 1. The molecule has 2 aliphatic heterocycles. The first-order valence-corrected chi connectivity index (χ1v) is 7.59. The maximum atomic E-state index is 12.3. The summed E-state index contributed by atoms with van der Waals surface area (Å²) in [5.74, 6) is 0.953. The monoisotopic (exact) mass is 282 g/mol. The maximum absolute atomic E-state index is 12.3. The standard InChI is InChI=1S/C15H26N2O3/c1-11-4-6-17(7-5-11)14(18)10-16-8-12(2)13(9-16)15(19)20-3/h11-13H,4-10H2,1-3H3. The average molecular weight is 282 g/mol. The molecule has 0 saturated carbocycles. The molecular formula is C15H26N2O3. The highest BCUT2D eigenvalue weighted by Gasteiger charge is 2.36. The molecule has 2 heterocycles. The van der Waals surface area contributed by atoms with E-state index in [1.54, 1.807) is 0 Å². The second-order valence-electron chi connectivity index (χ2n) is 6.36. The number of esters is 1. The fraction of sp³-hybridized carbons (Fsp3) is 0.867. The molecule has 2 rings (SSSR count). The molecule has 0 spiro atoms. The number of hydrogen-bond donors (Lipinski definition) is 0. The van der Waals surface area contributed by atoms with Crippen molar-refractivity contribution < 1.29 is 14.3 Å². The fourth-order valence-corrected chi connectivity index (χ4v) is 3.20. The molecule has 2 aliphatic rings. The topological polar surface area (TPSA) is 49.9 Å². The molecule has 0 radical (unpaired) electrons. The lowest BCUT2D eigenvalue weighted by molar-refractivity contribution is -0.146. The predicted molar refractivity (Wildman–Crippen MR) is 76.1 cm³/mol. The van der Waals surface area contributed by atoms with Crippen molar-refractivity contribution in [3.8, 4) is 0 Å². The van der Waals surface area contributed by atoms with Crippen LogP contribution in [-0.2, 0) is 14.3 Å². The second-order valence-corrected chi connectivity index (χ2v) is 6.36. The Morgan fingerprint density at radius 1 is 1.15 bits per heavy atom. The van der Waals surface area contributed by atoms with Crippen molar-refractivity contribution in [2.45, 2.75) is 26.7 Å². The van der Waals surface area contributed by atoms with E-state index in [4.69, 9.17) is 4.74 Å². The summed E-state index contributed by atoms with van der Waals surface area (Å²) in [7, 11) is 1.43. The normalized spacial score (nSPS) is 28.6. The van der Waals surface area contributed by atoms with Crippen LogP contribution in [0, 0.1) is 17.8 Å². The van der Waals surface area contributed by atoms with Gasteiger partial charge in [0, 0.05) is 26.2 Å². The highest BCUT2D eigenvalue weighted by Crippen LogP contribution is 2.24. The van der Waals surface area contributed by atoms with E-state index >= 15 is 0 Å². The first-order valence-electron chi connectivity index (χ1n) is 7.59. The lowest BCUT2D eigenvalue weighted by Gasteiger charge is -2.31. The van der Waals surface area contributed by atoms with Gasteiger partial charge in [-0.2, -0.15) is 0 Å². The minimum Gasteiger partial charge on any atom is -0.469 e. The minimum absolute atomic E-state index is 0.0887. The van der Waals surface area contributed by atoms with E-state index in [0.29, 0.717) is 13.1 Å². The van der Waals surface area contributed by atoms with Gasteiger partial charge in [0.1, 0.15) is 0 Å². The molecule has 5 nitrogen and oxygen atoms in total. The van der Waals surface area contributed by atoms with E-state index < -0.39 is 0 Å². The van der Waals surface area contributed by atoms with Crippen LogP contribution in [-0.4, -0.2) is 61.5 Å². The molecule has 0 aliphatic carbocycles. The largest absolute Gasteiger partial charge is 0.469 e. The third kappa shape index (κ3) is 3.51. The van der Waals surface area contributed by atoms with Gasteiger partial charge in [-0.25, -0.2) is 0 Å². The number of nitrogens with zero attached hydrogens (tertiary/aromatic N) is 2. The van der Waals surface area contributed by atoms with E-state index in [1.807, 2.05) is 4.90 Å². The van der Waals surface area contributed by atoms with Crippen LogP contribution in [0.15, 0.2) is 0 Å². The lowest BCUT2D eigenvalue weighted by Crippen LogP contribution is -2.43. The van der Waals surface area contributed by atoms with Crippen molar-refractivity contribution in [1.82, 2.24) is 9.80 Å². The molecule has 0 bridgehead atoms. The highest BCUT2D eigenvalue weighted by molar-refractivity contribution is 5.79. The number of amides is 1. The number of carbonyl (C=O) groups is 2. The molecule has 2 fully saturated rings. The molecule has 0 N–H and O–H groups in total. The van der Waals surface area contributed by atoms with Crippen molar-refractivity contribution in [3.05, 3.63) is 0 Å². The van der Waals surface area contributed by atoms with Gasteiger partial charge in [-0.1, -0.05) is 13.8 Å². The first-order chi connectivity index (χ1) is 9.51. The molecule has 20 heavy (non-hydrogen) atoms. The Bertz CT molecular complexity index is 364. The van der Waals surface area contributed by atoms with Gasteiger partial charge in [0.2, 0.25) is 5.91 Å². The predicted octanol–water partition coefficient (Wildman–Crippen LogP) is 0.986. The van der Waals surface area contributed by atoms with E-state index in [0.717, 1.165) is 38.4 Å². The summed E-state index contributed by atoms with van der Waals surface area (Å²) in [5, 5.41) is 0. The molecule has 2 saturated heterocycles. The van der Waals surface area contributed by atoms with E-state index in [1.165, 1.54) is 7.11 Å². The van der Waals surface area contributed by atoms with Crippen LogP contribution in [0.2, 0.25) is 0 Å². The Balaban J connectivity index is 1.82. The zero-order valence-corrected chi connectivity index (χ0v) is 12.8. The molecule has 0 aromatic heterocycles. The zero-order chi connectivity index (χ0) is 14.7. The van der Waals surface area contributed by atoms with Crippen molar-refractivity contribution >= 4 is 11.9 Å². The van der Waals surface area contributed by atoms with Crippen LogP contribution < -0.4 is 0 Å². The molecule has 5 heteroatoms. The van der Waals surface area contributed by atoms with Crippen LogP contribution in [0.25, 0.3) is 0 Å². The third-order valence-electron chi connectivity index (χ3n) is 4.69. The van der Waals surface area contributed by atoms with Crippen LogP contribution in [0.1, 0.15) is 26.7 Å². The molecule has 114 valence electrons. The number of likely N-dealkylation sites (tertiary alicyclic amines) is 2. The summed E-state index contributed by atoms with van der Waals surface area (Å²) in [6, 6.07) is 0. The number of ether oxygens (including phenoxy) is 1. The van der Waals surface area contributed by atoms with Crippen LogP contribution in [0.4, 0.5) is 0 Å². The first kappa shape index (κ1) is 15.3. The van der Waals surface area contributed by atoms with Crippen molar-refractivity contribution in [2.75, 3.05) is 39.8 Å². The Morgan fingerprint density at radius 3 is 2.40 bits per heavy atom. The Hall–Kier alpha value is -1.10. The molecular weight excluding hydrogens is 256 g/mol. The molecule has 1 amide bonds. The zero-order valence-electron chi connectivity index (χ0n) is 12.8. The number of hydrogen-bond acceptors (Lipinski definition) is 4.